The van der Waals surface area contributed by atoms with Gasteiger partial charge in [-0.25, -0.2) is 4.79 Å². The van der Waals surface area contributed by atoms with Crippen LogP contribution in [-0.4, -0.2) is 24.5 Å². The first-order valence-electron chi connectivity index (χ1n) is 7.44. The fraction of sp³-hybridized carbons (Fsp3) is 0.235. The Kier molecular flexibility index (Phi) is 6.51. The number of thiophene rings is 1. The molecule has 0 bridgehead atoms. The van der Waals surface area contributed by atoms with Crippen LogP contribution in [0, 0.1) is 0 Å². The minimum atomic E-state index is -1.18. The van der Waals surface area contributed by atoms with Gasteiger partial charge < -0.3 is 10.1 Å². The number of carbonyl (C=O) groups excluding carboxylic acids is 3. The Morgan fingerprint density at radius 3 is 2.54 bits per heavy atom. The third kappa shape index (κ3) is 5.20. The van der Waals surface area contributed by atoms with Crippen LogP contribution >= 0.6 is 11.3 Å². The van der Waals surface area contributed by atoms with Crippen molar-refractivity contribution < 1.29 is 19.1 Å². The van der Waals surface area contributed by atoms with Crippen molar-refractivity contribution in [2.24, 2.45) is 0 Å². The lowest BCUT2D eigenvalue weighted by molar-refractivity contribution is -0.155. The number of ether oxygens (including phenoxy) is 1. The molecule has 2 rings (SSSR count). The van der Waals surface area contributed by atoms with E-state index in [1.807, 2.05) is 16.8 Å². The van der Waals surface area contributed by atoms with Gasteiger partial charge in [0.1, 0.15) is 0 Å². The fourth-order valence-electron chi connectivity index (χ4n) is 2.02. The number of urea groups is 1. The van der Waals surface area contributed by atoms with E-state index in [1.54, 1.807) is 37.3 Å². The van der Waals surface area contributed by atoms with E-state index in [2.05, 4.69) is 10.6 Å². The number of benzene rings is 1. The maximum absolute atomic E-state index is 12.3. The van der Waals surface area contributed by atoms with Crippen LogP contribution < -0.4 is 10.6 Å². The molecule has 1 heterocycles. The van der Waals surface area contributed by atoms with Gasteiger partial charge in [0.2, 0.25) is 6.10 Å². The Bertz CT molecular complexity index is 686. The van der Waals surface area contributed by atoms with E-state index in [-0.39, 0.29) is 6.42 Å². The van der Waals surface area contributed by atoms with Crippen molar-refractivity contribution in [3.8, 4) is 0 Å². The van der Waals surface area contributed by atoms with Crippen LogP contribution in [0.5, 0.6) is 0 Å². The minimum Gasteiger partial charge on any atom is -0.447 e. The topological polar surface area (TPSA) is 84.5 Å². The number of amides is 3. The van der Waals surface area contributed by atoms with Gasteiger partial charge in [0.15, 0.2) is 0 Å². The van der Waals surface area contributed by atoms with E-state index in [4.69, 9.17) is 4.74 Å². The molecule has 0 fully saturated rings. The number of esters is 1. The van der Waals surface area contributed by atoms with Crippen LogP contribution in [0.3, 0.4) is 0 Å². The van der Waals surface area contributed by atoms with E-state index in [0.717, 1.165) is 5.56 Å². The third-order valence-electron chi connectivity index (χ3n) is 3.09. The van der Waals surface area contributed by atoms with Gasteiger partial charge in [-0.05, 0) is 29.3 Å². The highest BCUT2D eigenvalue weighted by Crippen LogP contribution is 2.19. The summed E-state index contributed by atoms with van der Waals surface area (Å²) >= 11 is 1.48. The lowest BCUT2D eigenvalue weighted by Gasteiger charge is -2.17. The number of imide groups is 1. The minimum absolute atomic E-state index is 0.0707. The van der Waals surface area contributed by atoms with Crippen molar-refractivity contribution in [1.29, 1.82) is 0 Å². The second-order valence-electron chi connectivity index (χ2n) is 4.94. The lowest BCUT2D eigenvalue weighted by atomic mass is 10.1. The molecule has 0 radical (unpaired) electrons. The highest BCUT2D eigenvalue weighted by Gasteiger charge is 2.26. The molecule has 0 saturated heterocycles. The van der Waals surface area contributed by atoms with Gasteiger partial charge in [-0.15, -0.1) is 0 Å². The number of hydrogen-bond donors (Lipinski definition) is 2. The number of carbonyl (C=O) groups is 3. The molecule has 2 aromatic rings. The monoisotopic (exact) mass is 346 g/mol. The first kappa shape index (κ1) is 17.7. The molecular formula is C17H18N2O4S. The average molecular weight is 346 g/mol. The zero-order chi connectivity index (χ0) is 17.4. The Labute approximate surface area is 143 Å². The third-order valence-corrected chi connectivity index (χ3v) is 3.82. The highest BCUT2D eigenvalue weighted by molar-refractivity contribution is 7.07. The summed E-state index contributed by atoms with van der Waals surface area (Å²) in [6, 6.07) is 9.77. The van der Waals surface area contributed by atoms with Gasteiger partial charge in [-0.1, -0.05) is 30.3 Å². The smallest absolute Gasteiger partial charge is 0.321 e. The molecule has 24 heavy (non-hydrogen) atoms. The van der Waals surface area contributed by atoms with Crippen LogP contribution in [0.15, 0.2) is 47.2 Å². The lowest BCUT2D eigenvalue weighted by Crippen LogP contribution is -2.42. The van der Waals surface area contributed by atoms with E-state index >= 15 is 0 Å². The second-order valence-corrected chi connectivity index (χ2v) is 5.72. The molecule has 3 amide bonds. The molecule has 1 aromatic heterocycles. The van der Waals surface area contributed by atoms with Crippen molar-refractivity contribution >= 4 is 29.2 Å². The average Bonchev–Trinajstić information content (AvgIpc) is 3.06. The maximum atomic E-state index is 12.3. The van der Waals surface area contributed by atoms with Crippen molar-refractivity contribution in [2.45, 2.75) is 19.4 Å². The van der Waals surface area contributed by atoms with E-state index < -0.39 is 24.0 Å². The molecule has 1 atom stereocenters. The van der Waals surface area contributed by atoms with Gasteiger partial charge in [0.05, 0.1) is 6.42 Å². The molecule has 0 spiro atoms. The number of rotatable bonds is 6. The molecular weight excluding hydrogens is 328 g/mol. The zero-order valence-corrected chi connectivity index (χ0v) is 14.0. The van der Waals surface area contributed by atoms with Gasteiger partial charge in [0, 0.05) is 12.1 Å². The molecule has 6 nitrogen and oxygen atoms in total. The Morgan fingerprint density at radius 2 is 1.92 bits per heavy atom. The summed E-state index contributed by atoms with van der Waals surface area (Å²) in [5.41, 5.74) is 1.32. The SMILES string of the molecule is CCNC(=O)NC(=O)[C@@H](OC(=O)Cc1ccsc1)c1ccccc1. The summed E-state index contributed by atoms with van der Waals surface area (Å²) in [4.78, 5) is 36.0. The van der Waals surface area contributed by atoms with Crippen LogP contribution in [0.4, 0.5) is 4.79 Å². The van der Waals surface area contributed by atoms with Gasteiger partial charge in [-0.2, -0.15) is 11.3 Å². The largest absolute Gasteiger partial charge is 0.447 e. The quantitative estimate of drug-likeness (QED) is 0.787. The van der Waals surface area contributed by atoms with E-state index in [9.17, 15) is 14.4 Å². The highest BCUT2D eigenvalue weighted by atomic mass is 32.1. The standard InChI is InChI=1S/C17H18N2O4S/c1-2-18-17(22)19-16(21)15(13-6-4-3-5-7-13)23-14(20)10-12-8-9-24-11-12/h3-9,11,15H,2,10H2,1H3,(H2,18,19,21,22)/t15-/m0/s1. The molecule has 0 aliphatic carbocycles. The summed E-state index contributed by atoms with van der Waals surface area (Å²) < 4.78 is 5.32. The van der Waals surface area contributed by atoms with Crippen LogP contribution in [0.2, 0.25) is 0 Å². The summed E-state index contributed by atoms with van der Waals surface area (Å²) in [6.07, 6.45) is -1.11. The molecule has 7 heteroatoms. The first-order valence-corrected chi connectivity index (χ1v) is 8.38. The van der Waals surface area contributed by atoms with Crippen LogP contribution in [-0.2, 0) is 20.7 Å². The van der Waals surface area contributed by atoms with Crippen molar-refractivity contribution in [1.82, 2.24) is 10.6 Å². The summed E-state index contributed by atoms with van der Waals surface area (Å²) in [7, 11) is 0. The predicted molar refractivity (Wildman–Crippen MR) is 90.5 cm³/mol. The van der Waals surface area contributed by atoms with Gasteiger partial charge >= 0.3 is 12.0 Å². The van der Waals surface area contributed by atoms with E-state index in [0.29, 0.717) is 12.1 Å². The summed E-state index contributed by atoms with van der Waals surface area (Å²) in [6.45, 7) is 2.12. The van der Waals surface area contributed by atoms with Crippen molar-refractivity contribution in [2.75, 3.05) is 6.54 Å². The molecule has 126 valence electrons. The molecule has 0 aliphatic rings. The summed E-state index contributed by atoms with van der Waals surface area (Å²) in [5.74, 6) is -1.22. The van der Waals surface area contributed by atoms with Gasteiger partial charge in [-0.3, -0.25) is 14.9 Å². The predicted octanol–water partition coefficient (Wildman–Crippen LogP) is 2.42. The van der Waals surface area contributed by atoms with E-state index in [1.165, 1.54) is 11.3 Å². The number of hydrogen-bond acceptors (Lipinski definition) is 5. The normalized spacial score (nSPS) is 11.4. The first-order chi connectivity index (χ1) is 11.6. The molecule has 0 unspecified atom stereocenters. The molecule has 0 saturated carbocycles. The number of nitrogens with one attached hydrogen (secondary N) is 2. The molecule has 1 aromatic carbocycles. The van der Waals surface area contributed by atoms with Crippen molar-refractivity contribution in [3.63, 3.8) is 0 Å². The van der Waals surface area contributed by atoms with Crippen LogP contribution in [0.1, 0.15) is 24.2 Å². The van der Waals surface area contributed by atoms with Crippen molar-refractivity contribution in [3.05, 3.63) is 58.3 Å². The van der Waals surface area contributed by atoms with Gasteiger partial charge in [0.25, 0.3) is 5.91 Å². The summed E-state index contributed by atoms with van der Waals surface area (Å²) in [5, 5.41) is 8.34. The zero-order valence-electron chi connectivity index (χ0n) is 13.2. The fourth-order valence-corrected chi connectivity index (χ4v) is 2.68. The Hall–Kier alpha value is -2.67. The second kappa shape index (κ2) is 8.83. The Balaban J connectivity index is 2.09. The molecule has 0 aliphatic heterocycles. The Morgan fingerprint density at radius 1 is 1.17 bits per heavy atom. The van der Waals surface area contributed by atoms with Crippen LogP contribution in [0.25, 0.3) is 0 Å². The molecule has 2 N–H and O–H groups in total. The maximum Gasteiger partial charge on any atom is 0.321 e.